The summed E-state index contributed by atoms with van der Waals surface area (Å²) in [6, 6.07) is 0. The molecular weight excluding hydrogens is 232 g/mol. The Balaban J connectivity index is 2.18. The molecule has 2 aliphatic rings. The molecule has 5 atom stereocenters. The molecular formula is C10H18O5S. The summed E-state index contributed by atoms with van der Waals surface area (Å²) in [4.78, 5) is 0. The van der Waals surface area contributed by atoms with E-state index < -0.39 is 30.2 Å². The fourth-order valence-electron chi connectivity index (χ4n) is 2.20. The van der Waals surface area contributed by atoms with E-state index in [0.717, 1.165) is 0 Å². The molecule has 0 bridgehead atoms. The van der Waals surface area contributed by atoms with E-state index in [1.165, 1.54) is 11.8 Å². The first-order valence-electron chi connectivity index (χ1n) is 5.31. The third-order valence-electron chi connectivity index (χ3n) is 2.87. The van der Waals surface area contributed by atoms with Gasteiger partial charge in [-0.15, -0.1) is 11.8 Å². The number of thioether (sulfide) groups is 1. The molecule has 0 aromatic heterocycles. The number of aliphatic hydroxyl groups excluding tert-OH is 2. The van der Waals surface area contributed by atoms with Crippen LogP contribution in [0.25, 0.3) is 0 Å². The highest BCUT2D eigenvalue weighted by atomic mass is 32.2. The summed E-state index contributed by atoms with van der Waals surface area (Å²) in [6.07, 6.45) is -0.155. The minimum Gasteiger partial charge on any atom is -0.394 e. The van der Waals surface area contributed by atoms with Gasteiger partial charge in [-0.3, -0.25) is 0 Å². The topological polar surface area (TPSA) is 68.2 Å². The Labute approximate surface area is 99.1 Å². The van der Waals surface area contributed by atoms with Gasteiger partial charge < -0.3 is 24.4 Å². The molecule has 6 heteroatoms. The van der Waals surface area contributed by atoms with Crippen LogP contribution in [0, 0.1) is 0 Å². The zero-order valence-electron chi connectivity index (χ0n) is 9.62. The van der Waals surface area contributed by atoms with Gasteiger partial charge in [-0.1, -0.05) is 0 Å². The maximum atomic E-state index is 10.1. The maximum absolute atomic E-state index is 10.1. The average molecular weight is 250 g/mol. The first kappa shape index (κ1) is 12.6. The highest BCUT2D eigenvalue weighted by molar-refractivity contribution is 7.99. The molecule has 0 aliphatic carbocycles. The molecule has 94 valence electrons. The summed E-state index contributed by atoms with van der Waals surface area (Å²) in [5.41, 5.74) is -0.379. The average Bonchev–Trinajstić information content (AvgIpc) is 2.55. The Kier molecular flexibility index (Phi) is 3.49. The van der Waals surface area contributed by atoms with Gasteiger partial charge in [0.1, 0.15) is 29.9 Å². The fourth-order valence-corrected chi connectivity index (χ4v) is 2.88. The lowest BCUT2D eigenvalue weighted by Gasteiger charge is -2.38. The number of aliphatic hydroxyl groups is 2. The Bertz CT molecular complexity index is 260. The summed E-state index contributed by atoms with van der Waals surface area (Å²) in [7, 11) is 0. The van der Waals surface area contributed by atoms with Crippen LogP contribution in [0.15, 0.2) is 0 Å². The lowest BCUT2D eigenvalue weighted by Crippen LogP contribution is -2.56. The molecule has 2 rings (SSSR count). The molecule has 2 N–H and O–H groups in total. The van der Waals surface area contributed by atoms with Crippen molar-refractivity contribution in [3.63, 3.8) is 0 Å². The van der Waals surface area contributed by atoms with Crippen molar-refractivity contribution in [2.75, 3.05) is 12.9 Å². The summed E-state index contributed by atoms with van der Waals surface area (Å²) in [5.74, 6) is -0.736. The third kappa shape index (κ3) is 2.10. The number of ether oxygens (including phenoxy) is 3. The number of hydrogen-bond acceptors (Lipinski definition) is 6. The van der Waals surface area contributed by atoms with Gasteiger partial charge in [0.05, 0.1) is 6.61 Å². The molecule has 5 nitrogen and oxygen atoms in total. The van der Waals surface area contributed by atoms with E-state index in [2.05, 4.69) is 0 Å². The SMILES string of the molecule is CS[C@@H]1O[C@H](CO)[C@@H]2OC(C)(C)O[C@@H]2[C@H]1O. The summed E-state index contributed by atoms with van der Waals surface area (Å²) < 4.78 is 16.9. The normalized spacial score (nSPS) is 46.7. The fraction of sp³-hybridized carbons (Fsp3) is 1.00. The van der Waals surface area contributed by atoms with E-state index in [0.29, 0.717) is 0 Å². The third-order valence-corrected chi connectivity index (χ3v) is 3.72. The molecule has 0 spiro atoms. The van der Waals surface area contributed by atoms with E-state index in [4.69, 9.17) is 14.2 Å². The Morgan fingerprint density at radius 3 is 2.44 bits per heavy atom. The number of fused-ring (bicyclic) bond motifs is 1. The summed E-state index contributed by atoms with van der Waals surface area (Å²) in [5, 5.41) is 19.3. The predicted molar refractivity (Wildman–Crippen MR) is 59.1 cm³/mol. The van der Waals surface area contributed by atoms with Gasteiger partial charge in [0.25, 0.3) is 0 Å². The van der Waals surface area contributed by atoms with Crippen LogP contribution in [0.1, 0.15) is 13.8 Å². The Morgan fingerprint density at radius 2 is 1.88 bits per heavy atom. The molecule has 16 heavy (non-hydrogen) atoms. The highest BCUT2D eigenvalue weighted by Gasteiger charge is 2.54. The predicted octanol–water partition coefficient (Wildman–Crippen LogP) is -0.0524. The van der Waals surface area contributed by atoms with Crippen molar-refractivity contribution in [2.45, 2.75) is 49.5 Å². The van der Waals surface area contributed by atoms with Crippen molar-refractivity contribution < 1.29 is 24.4 Å². The molecule has 0 aromatic carbocycles. The van der Waals surface area contributed by atoms with Gasteiger partial charge in [0, 0.05) is 0 Å². The van der Waals surface area contributed by atoms with Crippen molar-refractivity contribution in [3.8, 4) is 0 Å². The quantitative estimate of drug-likeness (QED) is 0.716. The molecule has 2 heterocycles. The van der Waals surface area contributed by atoms with Crippen molar-refractivity contribution in [3.05, 3.63) is 0 Å². The second-order valence-corrected chi connectivity index (χ2v) is 5.45. The molecule has 0 aromatic rings. The van der Waals surface area contributed by atoms with E-state index >= 15 is 0 Å². The molecule has 2 fully saturated rings. The van der Waals surface area contributed by atoms with Crippen LogP contribution in [0.5, 0.6) is 0 Å². The van der Waals surface area contributed by atoms with Crippen LogP contribution < -0.4 is 0 Å². The monoisotopic (exact) mass is 250 g/mol. The van der Waals surface area contributed by atoms with Gasteiger partial charge in [0.15, 0.2) is 5.79 Å². The van der Waals surface area contributed by atoms with Crippen molar-refractivity contribution in [1.29, 1.82) is 0 Å². The maximum Gasteiger partial charge on any atom is 0.164 e. The van der Waals surface area contributed by atoms with Gasteiger partial charge in [0.2, 0.25) is 0 Å². The van der Waals surface area contributed by atoms with Crippen LogP contribution >= 0.6 is 11.8 Å². The van der Waals surface area contributed by atoms with E-state index in [9.17, 15) is 10.2 Å². The van der Waals surface area contributed by atoms with Gasteiger partial charge in [-0.05, 0) is 20.1 Å². The minimum absolute atomic E-state index is 0.135. The lowest BCUT2D eigenvalue weighted by molar-refractivity contribution is -0.168. The second-order valence-electron chi connectivity index (χ2n) is 4.52. The number of hydrogen-bond donors (Lipinski definition) is 2. The van der Waals surface area contributed by atoms with Crippen molar-refractivity contribution >= 4 is 11.8 Å². The summed E-state index contributed by atoms with van der Waals surface area (Å²) >= 11 is 1.40. The largest absolute Gasteiger partial charge is 0.394 e. The van der Waals surface area contributed by atoms with Crippen LogP contribution in [-0.2, 0) is 14.2 Å². The summed E-state index contributed by atoms with van der Waals surface area (Å²) in [6.45, 7) is 3.45. The molecule has 0 unspecified atom stereocenters. The second kappa shape index (κ2) is 4.44. The van der Waals surface area contributed by atoms with Crippen molar-refractivity contribution in [1.82, 2.24) is 0 Å². The zero-order valence-corrected chi connectivity index (χ0v) is 10.4. The minimum atomic E-state index is -0.736. The van der Waals surface area contributed by atoms with Gasteiger partial charge in [-0.2, -0.15) is 0 Å². The van der Waals surface area contributed by atoms with E-state index in [1.807, 2.05) is 6.26 Å². The molecule has 0 amide bonds. The van der Waals surface area contributed by atoms with Crippen LogP contribution in [0.3, 0.4) is 0 Å². The molecule has 2 saturated heterocycles. The highest BCUT2D eigenvalue weighted by Crippen LogP contribution is 2.39. The lowest BCUT2D eigenvalue weighted by atomic mass is 10.0. The van der Waals surface area contributed by atoms with Gasteiger partial charge in [-0.25, -0.2) is 0 Å². The first-order chi connectivity index (χ1) is 7.48. The standard InChI is InChI=1S/C10H18O5S/c1-10(2)14-7-5(4-11)13-9(16-3)6(12)8(7)15-10/h5-9,11-12H,4H2,1-3H3/t5-,6-,7+,8-,9+/m1/s1. The van der Waals surface area contributed by atoms with Crippen LogP contribution in [0.4, 0.5) is 0 Å². The van der Waals surface area contributed by atoms with Crippen molar-refractivity contribution in [2.24, 2.45) is 0 Å². The first-order valence-corrected chi connectivity index (χ1v) is 6.60. The van der Waals surface area contributed by atoms with E-state index in [1.54, 1.807) is 13.8 Å². The Morgan fingerprint density at radius 1 is 1.25 bits per heavy atom. The molecule has 0 radical (unpaired) electrons. The Hall–Kier alpha value is 0.150. The molecule has 0 saturated carbocycles. The van der Waals surface area contributed by atoms with E-state index in [-0.39, 0.29) is 12.0 Å². The number of rotatable bonds is 2. The smallest absolute Gasteiger partial charge is 0.164 e. The zero-order chi connectivity index (χ0) is 11.9. The van der Waals surface area contributed by atoms with Gasteiger partial charge >= 0.3 is 0 Å². The van der Waals surface area contributed by atoms with Crippen LogP contribution in [-0.4, -0.2) is 58.7 Å². The van der Waals surface area contributed by atoms with Crippen LogP contribution in [0.2, 0.25) is 0 Å². The molecule has 2 aliphatic heterocycles.